The standard InChI is InChI=1S/C15H21N5/c1-12-17-7-8-20(12)15-5-4-14(11-19-15)18-10-13-3-2-6-16-9-13/h4-5,7-8,11,13,16,18H,2-3,6,9-10H2,1H3. The van der Waals surface area contributed by atoms with Crippen LogP contribution in [0.5, 0.6) is 0 Å². The molecule has 0 aliphatic carbocycles. The molecule has 1 saturated heterocycles. The molecule has 1 atom stereocenters. The van der Waals surface area contributed by atoms with E-state index in [0.717, 1.165) is 42.9 Å². The highest BCUT2D eigenvalue weighted by Gasteiger charge is 2.12. The first kappa shape index (κ1) is 13.1. The van der Waals surface area contributed by atoms with Crippen molar-refractivity contribution in [2.24, 2.45) is 5.92 Å². The lowest BCUT2D eigenvalue weighted by atomic mass is 10.00. The van der Waals surface area contributed by atoms with Gasteiger partial charge >= 0.3 is 0 Å². The monoisotopic (exact) mass is 271 g/mol. The molecule has 1 aliphatic heterocycles. The van der Waals surface area contributed by atoms with E-state index in [9.17, 15) is 0 Å². The van der Waals surface area contributed by atoms with Crippen molar-refractivity contribution in [2.75, 3.05) is 25.0 Å². The Morgan fingerprint density at radius 3 is 3.00 bits per heavy atom. The van der Waals surface area contributed by atoms with E-state index in [1.54, 1.807) is 6.20 Å². The molecule has 5 heteroatoms. The van der Waals surface area contributed by atoms with Crippen LogP contribution in [-0.4, -0.2) is 34.2 Å². The molecule has 2 N–H and O–H groups in total. The molecule has 3 rings (SSSR count). The van der Waals surface area contributed by atoms with Crippen LogP contribution in [0.2, 0.25) is 0 Å². The van der Waals surface area contributed by atoms with E-state index in [2.05, 4.69) is 26.7 Å². The molecule has 1 aliphatic rings. The molecule has 2 aromatic heterocycles. The Morgan fingerprint density at radius 1 is 1.40 bits per heavy atom. The van der Waals surface area contributed by atoms with Gasteiger partial charge in [0.05, 0.1) is 11.9 Å². The van der Waals surface area contributed by atoms with Crippen LogP contribution in [0.3, 0.4) is 0 Å². The molecule has 2 aromatic rings. The lowest BCUT2D eigenvalue weighted by Crippen LogP contribution is -2.33. The zero-order valence-electron chi connectivity index (χ0n) is 11.8. The van der Waals surface area contributed by atoms with Crippen molar-refractivity contribution >= 4 is 5.69 Å². The molecule has 1 unspecified atom stereocenters. The van der Waals surface area contributed by atoms with Crippen LogP contribution in [0, 0.1) is 12.8 Å². The van der Waals surface area contributed by atoms with Crippen LogP contribution in [0.4, 0.5) is 5.69 Å². The zero-order valence-corrected chi connectivity index (χ0v) is 11.8. The van der Waals surface area contributed by atoms with Crippen LogP contribution in [0.15, 0.2) is 30.7 Å². The lowest BCUT2D eigenvalue weighted by Gasteiger charge is -2.23. The smallest absolute Gasteiger partial charge is 0.138 e. The summed E-state index contributed by atoms with van der Waals surface area (Å²) in [6.07, 6.45) is 8.20. The summed E-state index contributed by atoms with van der Waals surface area (Å²) in [6, 6.07) is 4.11. The van der Waals surface area contributed by atoms with Crippen molar-refractivity contribution in [2.45, 2.75) is 19.8 Å². The van der Waals surface area contributed by atoms with Gasteiger partial charge in [0.25, 0.3) is 0 Å². The molecule has 0 aromatic carbocycles. The average Bonchev–Trinajstić information content (AvgIpc) is 2.93. The highest BCUT2D eigenvalue weighted by atomic mass is 15.1. The van der Waals surface area contributed by atoms with Crippen LogP contribution in [-0.2, 0) is 0 Å². The predicted molar refractivity (Wildman–Crippen MR) is 80.2 cm³/mol. The normalized spacial score (nSPS) is 18.9. The highest BCUT2D eigenvalue weighted by molar-refractivity contribution is 5.43. The summed E-state index contributed by atoms with van der Waals surface area (Å²) in [5.41, 5.74) is 1.08. The number of aryl methyl sites for hydroxylation is 1. The summed E-state index contributed by atoms with van der Waals surface area (Å²) in [7, 11) is 0. The molecular formula is C15H21N5. The minimum Gasteiger partial charge on any atom is -0.383 e. The molecule has 0 bridgehead atoms. The van der Waals surface area contributed by atoms with Gasteiger partial charge in [-0.3, -0.25) is 4.57 Å². The van der Waals surface area contributed by atoms with Gasteiger partial charge in [0.1, 0.15) is 11.6 Å². The Morgan fingerprint density at radius 2 is 2.35 bits per heavy atom. The van der Waals surface area contributed by atoms with Gasteiger partial charge in [-0.05, 0) is 50.9 Å². The molecule has 0 spiro atoms. The number of hydrogen-bond donors (Lipinski definition) is 2. The average molecular weight is 271 g/mol. The van der Waals surface area contributed by atoms with Crippen LogP contribution >= 0.6 is 0 Å². The summed E-state index contributed by atoms with van der Waals surface area (Å²) >= 11 is 0. The molecule has 106 valence electrons. The predicted octanol–water partition coefficient (Wildman–Crippen LogP) is 1.99. The number of hydrogen-bond acceptors (Lipinski definition) is 4. The second kappa shape index (κ2) is 6.05. The maximum absolute atomic E-state index is 4.49. The van der Waals surface area contributed by atoms with E-state index in [0.29, 0.717) is 0 Å². The number of aromatic nitrogens is 3. The molecule has 20 heavy (non-hydrogen) atoms. The topological polar surface area (TPSA) is 54.8 Å². The highest BCUT2D eigenvalue weighted by Crippen LogP contribution is 2.14. The van der Waals surface area contributed by atoms with Gasteiger partial charge in [0.15, 0.2) is 0 Å². The van der Waals surface area contributed by atoms with Crippen molar-refractivity contribution < 1.29 is 0 Å². The summed E-state index contributed by atoms with van der Waals surface area (Å²) in [4.78, 5) is 8.70. The second-order valence-electron chi connectivity index (χ2n) is 5.34. The van der Waals surface area contributed by atoms with Crippen molar-refractivity contribution in [1.29, 1.82) is 0 Å². The Bertz CT molecular complexity index is 540. The molecule has 0 radical (unpaired) electrons. The van der Waals surface area contributed by atoms with Crippen LogP contribution in [0.25, 0.3) is 5.82 Å². The van der Waals surface area contributed by atoms with Crippen molar-refractivity contribution in [1.82, 2.24) is 19.9 Å². The number of imidazole rings is 1. The summed E-state index contributed by atoms with van der Waals surface area (Å²) in [5, 5.41) is 6.91. The third-order valence-electron chi connectivity index (χ3n) is 3.81. The van der Waals surface area contributed by atoms with Gasteiger partial charge in [-0.1, -0.05) is 0 Å². The van der Waals surface area contributed by atoms with E-state index in [-0.39, 0.29) is 0 Å². The third-order valence-corrected chi connectivity index (χ3v) is 3.81. The molecule has 3 heterocycles. The molecule has 0 amide bonds. The number of piperidine rings is 1. The molecule has 0 saturated carbocycles. The minimum absolute atomic E-state index is 0.722. The Labute approximate surface area is 119 Å². The van der Waals surface area contributed by atoms with Gasteiger partial charge in [-0.2, -0.15) is 0 Å². The fourth-order valence-corrected chi connectivity index (χ4v) is 2.61. The molecular weight excluding hydrogens is 250 g/mol. The second-order valence-corrected chi connectivity index (χ2v) is 5.34. The van der Waals surface area contributed by atoms with Gasteiger partial charge in [-0.25, -0.2) is 9.97 Å². The fourth-order valence-electron chi connectivity index (χ4n) is 2.61. The Balaban J connectivity index is 1.60. The van der Waals surface area contributed by atoms with E-state index in [4.69, 9.17) is 0 Å². The van der Waals surface area contributed by atoms with E-state index in [1.807, 2.05) is 30.0 Å². The molecule has 1 fully saturated rings. The van der Waals surface area contributed by atoms with Gasteiger partial charge in [-0.15, -0.1) is 0 Å². The van der Waals surface area contributed by atoms with Gasteiger partial charge in [0.2, 0.25) is 0 Å². The Hall–Kier alpha value is -1.88. The van der Waals surface area contributed by atoms with Crippen LogP contribution in [0.1, 0.15) is 18.7 Å². The summed E-state index contributed by atoms with van der Waals surface area (Å²) in [6.45, 7) is 5.27. The number of nitrogens with zero attached hydrogens (tertiary/aromatic N) is 3. The van der Waals surface area contributed by atoms with E-state index >= 15 is 0 Å². The maximum Gasteiger partial charge on any atom is 0.138 e. The largest absolute Gasteiger partial charge is 0.383 e. The number of nitrogens with one attached hydrogen (secondary N) is 2. The zero-order chi connectivity index (χ0) is 13.8. The van der Waals surface area contributed by atoms with Gasteiger partial charge < -0.3 is 10.6 Å². The Kier molecular flexibility index (Phi) is 3.97. The van der Waals surface area contributed by atoms with E-state index < -0.39 is 0 Å². The lowest BCUT2D eigenvalue weighted by molar-refractivity contribution is 0.393. The number of rotatable bonds is 4. The van der Waals surface area contributed by atoms with Crippen molar-refractivity contribution in [3.05, 3.63) is 36.5 Å². The summed E-state index contributed by atoms with van der Waals surface area (Å²) in [5.74, 6) is 2.58. The quantitative estimate of drug-likeness (QED) is 0.893. The minimum atomic E-state index is 0.722. The number of pyridine rings is 1. The van der Waals surface area contributed by atoms with E-state index in [1.165, 1.54) is 12.8 Å². The first-order valence-corrected chi connectivity index (χ1v) is 7.24. The van der Waals surface area contributed by atoms with Gasteiger partial charge in [0, 0.05) is 18.9 Å². The van der Waals surface area contributed by atoms with Crippen LogP contribution < -0.4 is 10.6 Å². The first-order chi connectivity index (χ1) is 9.83. The first-order valence-electron chi connectivity index (χ1n) is 7.24. The summed E-state index contributed by atoms with van der Waals surface area (Å²) < 4.78 is 1.98. The fraction of sp³-hybridized carbons (Fsp3) is 0.467. The van der Waals surface area contributed by atoms with Crippen molar-refractivity contribution in [3.63, 3.8) is 0 Å². The maximum atomic E-state index is 4.49. The third kappa shape index (κ3) is 2.99. The SMILES string of the molecule is Cc1nccn1-c1ccc(NCC2CCCNC2)cn1. The van der Waals surface area contributed by atoms with Crippen molar-refractivity contribution in [3.8, 4) is 5.82 Å². The number of anilines is 1. The molecule has 5 nitrogen and oxygen atoms in total.